The molecule has 0 bridgehead atoms. The second-order valence-corrected chi connectivity index (χ2v) is 7.97. The van der Waals surface area contributed by atoms with Crippen molar-refractivity contribution in [2.24, 2.45) is 4.99 Å². The maximum absolute atomic E-state index is 11.2. The van der Waals surface area contributed by atoms with Gasteiger partial charge in [0.1, 0.15) is 9.84 Å². The molecule has 2 N–H and O–H groups in total. The molecule has 1 aromatic carbocycles. The number of nitrogens with zero attached hydrogens (tertiary/aromatic N) is 1. The van der Waals surface area contributed by atoms with Crippen LogP contribution in [0.15, 0.2) is 23.2 Å². The van der Waals surface area contributed by atoms with Crippen molar-refractivity contribution in [2.45, 2.75) is 27.2 Å². The summed E-state index contributed by atoms with van der Waals surface area (Å²) in [7, 11) is -3.01. The molecule has 148 valence electrons. The number of hydrogen-bond donors (Lipinski definition) is 2. The van der Waals surface area contributed by atoms with Gasteiger partial charge in [0.2, 0.25) is 0 Å². The number of aliphatic imine (C=N–C) groups is 1. The maximum atomic E-state index is 11.2. The van der Waals surface area contributed by atoms with E-state index in [0.29, 0.717) is 32.3 Å². The van der Waals surface area contributed by atoms with Gasteiger partial charge in [0, 0.05) is 19.3 Å². The third kappa shape index (κ3) is 8.94. The van der Waals surface area contributed by atoms with Crippen molar-refractivity contribution >= 4 is 15.8 Å². The first-order chi connectivity index (χ1) is 12.4. The molecule has 0 atom stereocenters. The van der Waals surface area contributed by atoms with Gasteiger partial charge in [-0.15, -0.1) is 0 Å². The molecule has 0 fully saturated rings. The molecule has 8 heteroatoms. The molecule has 0 saturated heterocycles. The van der Waals surface area contributed by atoms with Crippen molar-refractivity contribution in [3.63, 3.8) is 0 Å². The highest BCUT2D eigenvalue weighted by molar-refractivity contribution is 7.90. The molecule has 0 aliphatic carbocycles. The van der Waals surface area contributed by atoms with Gasteiger partial charge in [-0.3, -0.25) is 4.99 Å². The summed E-state index contributed by atoms with van der Waals surface area (Å²) in [4.78, 5) is 4.29. The first kappa shape index (κ1) is 22.1. The normalized spacial score (nSPS) is 11.9. The molecule has 0 aromatic heterocycles. The quantitative estimate of drug-likeness (QED) is 0.445. The van der Waals surface area contributed by atoms with Gasteiger partial charge in [-0.25, -0.2) is 8.42 Å². The maximum Gasteiger partial charge on any atom is 0.191 e. The fraction of sp³-hybridized carbons (Fsp3) is 0.611. The Kier molecular flexibility index (Phi) is 9.87. The number of rotatable bonds is 11. The van der Waals surface area contributed by atoms with E-state index in [-0.39, 0.29) is 12.3 Å². The third-order valence-corrected chi connectivity index (χ3v) is 4.31. The first-order valence-corrected chi connectivity index (χ1v) is 11.0. The molecule has 0 spiro atoms. The first-order valence-electron chi connectivity index (χ1n) is 8.98. The second-order valence-electron chi connectivity index (χ2n) is 5.71. The molecule has 26 heavy (non-hydrogen) atoms. The summed E-state index contributed by atoms with van der Waals surface area (Å²) in [5.41, 5.74) is 1.12. The molecule has 0 aliphatic rings. The Labute approximate surface area is 157 Å². The number of nitrogens with one attached hydrogen (secondary N) is 2. The van der Waals surface area contributed by atoms with Crippen LogP contribution in [0.25, 0.3) is 0 Å². The van der Waals surface area contributed by atoms with E-state index in [1.807, 2.05) is 39.0 Å². The van der Waals surface area contributed by atoms with Crippen LogP contribution < -0.4 is 20.1 Å². The van der Waals surface area contributed by atoms with E-state index in [1.54, 1.807) is 0 Å². The van der Waals surface area contributed by atoms with Crippen LogP contribution in [0.3, 0.4) is 0 Å². The molecule has 7 nitrogen and oxygen atoms in total. The zero-order chi connectivity index (χ0) is 19.4. The lowest BCUT2D eigenvalue weighted by Gasteiger charge is -2.14. The SMILES string of the molecule is CCNC(=NCCS(C)(=O)=O)NCCc1ccc(OCC)c(OCC)c1. The Hall–Kier alpha value is -1.96. The van der Waals surface area contributed by atoms with E-state index in [1.165, 1.54) is 6.26 Å². The van der Waals surface area contributed by atoms with Gasteiger partial charge >= 0.3 is 0 Å². The average Bonchev–Trinajstić information content (AvgIpc) is 2.56. The monoisotopic (exact) mass is 385 g/mol. The highest BCUT2D eigenvalue weighted by Crippen LogP contribution is 2.28. The lowest BCUT2D eigenvalue weighted by molar-refractivity contribution is 0.287. The van der Waals surface area contributed by atoms with Gasteiger partial charge in [0.25, 0.3) is 0 Å². The molecule has 0 amide bonds. The Morgan fingerprint density at radius 2 is 1.77 bits per heavy atom. The minimum Gasteiger partial charge on any atom is -0.490 e. The van der Waals surface area contributed by atoms with Crippen LogP contribution in [0.4, 0.5) is 0 Å². The molecule has 1 aromatic rings. The van der Waals surface area contributed by atoms with Crippen molar-refractivity contribution in [3.05, 3.63) is 23.8 Å². The van der Waals surface area contributed by atoms with Gasteiger partial charge in [-0.1, -0.05) is 6.07 Å². The fourth-order valence-corrected chi connectivity index (χ4v) is 2.66. The zero-order valence-corrected chi connectivity index (χ0v) is 17.0. The Morgan fingerprint density at radius 3 is 2.38 bits per heavy atom. The molecular weight excluding hydrogens is 354 g/mol. The number of benzene rings is 1. The van der Waals surface area contributed by atoms with Crippen LogP contribution in [-0.4, -0.2) is 59.2 Å². The van der Waals surface area contributed by atoms with E-state index in [2.05, 4.69) is 15.6 Å². The van der Waals surface area contributed by atoms with E-state index >= 15 is 0 Å². The molecule has 0 aliphatic heterocycles. The Morgan fingerprint density at radius 1 is 1.08 bits per heavy atom. The minimum atomic E-state index is -3.01. The molecule has 1 rings (SSSR count). The van der Waals surface area contributed by atoms with Crippen LogP contribution in [0.5, 0.6) is 11.5 Å². The van der Waals surface area contributed by atoms with Crippen LogP contribution in [-0.2, 0) is 16.3 Å². The lowest BCUT2D eigenvalue weighted by Crippen LogP contribution is -2.38. The topological polar surface area (TPSA) is 89.0 Å². The largest absolute Gasteiger partial charge is 0.490 e. The lowest BCUT2D eigenvalue weighted by atomic mass is 10.1. The standard InChI is InChI=1S/C18H31N3O4S/c1-5-19-18(21-12-13-26(4,22)23)20-11-10-15-8-9-16(24-6-2)17(14-15)25-7-3/h8-9,14H,5-7,10-13H2,1-4H3,(H2,19,20,21). The highest BCUT2D eigenvalue weighted by Gasteiger charge is 2.07. The second kappa shape index (κ2) is 11.6. The predicted octanol–water partition coefficient (Wildman–Crippen LogP) is 1.63. The molecular formula is C18H31N3O4S. The third-order valence-electron chi connectivity index (χ3n) is 3.39. The molecule has 0 unspecified atom stereocenters. The van der Waals surface area contributed by atoms with Crippen LogP contribution in [0.1, 0.15) is 26.3 Å². The van der Waals surface area contributed by atoms with E-state index in [9.17, 15) is 8.42 Å². The molecule has 0 saturated carbocycles. The summed E-state index contributed by atoms with van der Waals surface area (Å²) < 4.78 is 33.6. The van der Waals surface area contributed by atoms with Crippen molar-refractivity contribution in [1.82, 2.24) is 10.6 Å². The smallest absolute Gasteiger partial charge is 0.191 e. The fourth-order valence-electron chi connectivity index (χ4n) is 2.24. The Bertz CT molecular complexity index is 675. The number of sulfone groups is 1. The number of guanidine groups is 1. The van der Waals surface area contributed by atoms with Crippen molar-refractivity contribution in [3.8, 4) is 11.5 Å². The van der Waals surface area contributed by atoms with Gasteiger partial charge < -0.3 is 20.1 Å². The van der Waals surface area contributed by atoms with Crippen LogP contribution in [0, 0.1) is 0 Å². The number of ether oxygens (including phenoxy) is 2. The van der Waals surface area contributed by atoms with Crippen molar-refractivity contribution in [1.29, 1.82) is 0 Å². The summed E-state index contributed by atoms with van der Waals surface area (Å²) in [5, 5.41) is 6.33. The summed E-state index contributed by atoms with van der Waals surface area (Å²) in [6.45, 7) is 8.65. The van der Waals surface area contributed by atoms with Crippen molar-refractivity contribution < 1.29 is 17.9 Å². The summed E-state index contributed by atoms with van der Waals surface area (Å²) in [6.07, 6.45) is 1.99. The summed E-state index contributed by atoms with van der Waals surface area (Å²) in [6, 6.07) is 5.93. The van der Waals surface area contributed by atoms with Gasteiger partial charge in [0.15, 0.2) is 17.5 Å². The average molecular weight is 386 g/mol. The van der Waals surface area contributed by atoms with Crippen LogP contribution in [0.2, 0.25) is 0 Å². The van der Waals surface area contributed by atoms with E-state index < -0.39 is 9.84 Å². The molecule has 0 heterocycles. The van der Waals surface area contributed by atoms with Crippen LogP contribution >= 0.6 is 0 Å². The number of hydrogen-bond acceptors (Lipinski definition) is 5. The predicted molar refractivity (Wildman–Crippen MR) is 106 cm³/mol. The summed E-state index contributed by atoms with van der Waals surface area (Å²) >= 11 is 0. The summed E-state index contributed by atoms with van der Waals surface area (Å²) in [5.74, 6) is 2.16. The van der Waals surface area contributed by atoms with E-state index in [0.717, 1.165) is 23.5 Å². The van der Waals surface area contributed by atoms with Gasteiger partial charge in [-0.2, -0.15) is 0 Å². The zero-order valence-electron chi connectivity index (χ0n) is 16.2. The molecule has 0 radical (unpaired) electrons. The van der Waals surface area contributed by atoms with Gasteiger partial charge in [0.05, 0.1) is 25.5 Å². The highest BCUT2D eigenvalue weighted by atomic mass is 32.2. The van der Waals surface area contributed by atoms with Crippen molar-refractivity contribution in [2.75, 3.05) is 44.9 Å². The van der Waals surface area contributed by atoms with Gasteiger partial charge in [-0.05, 0) is 44.9 Å². The van der Waals surface area contributed by atoms with E-state index in [4.69, 9.17) is 9.47 Å². The Balaban J connectivity index is 2.62. The minimum absolute atomic E-state index is 0.0418.